The molecular weight excluding hydrogens is 438 g/mol. The van der Waals surface area contributed by atoms with Crippen molar-refractivity contribution in [3.05, 3.63) is 70.3 Å². The minimum absolute atomic E-state index is 0.138. The lowest BCUT2D eigenvalue weighted by Gasteiger charge is -2.30. The quantitative estimate of drug-likeness (QED) is 0.489. The molecule has 170 valence electrons. The van der Waals surface area contributed by atoms with Gasteiger partial charge in [-0.1, -0.05) is 25.1 Å². The Bertz CT molecular complexity index is 994. The SMILES string of the molecule is CCc1ccc2c(c1)[C@@H](NC[C@H](S)[C@H](Cc1cc(F)cc(F)c1)NS(C)(=O)=O)CCC2. The molecule has 0 spiro atoms. The summed E-state index contributed by atoms with van der Waals surface area (Å²) >= 11 is 4.65. The van der Waals surface area contributed by atoms with Crippen LogP contribution in [0.5, 0.6) is 0 Å². The number of rotatable bonds is 9. The Kier molecular flexibility index (Phi) is 8.13. The number of benzene rings is 2. The van der Waals surface area contributed by atoms with Gasteiger partial charge in [-0.25, -0.2) is 21.9 Å². The lowest BCUT2D eigenvalue weighted by atomic mass is 9.86. The number of nitrogens with one attached hydrogen (secondary N) is 2. The Morgan fingerprint density at radius 1 is 1.13 bits per heavy atom. The first-order chi connectivity index (χ1) is 14.6. The van der Waals surface area contributed by atoms with Crippen LogP contribution in [-0.2, 0) is 29.3 Å². The molecule has 0 unspecified atom stereocenters. The van der Waals surface area contributed by atoms with Crippen molar-refractivity contribution < 1.29 is 17.2 Å². The summed E-state index contributed by atoms with van der Waals surface area (Å²) < 4.78 is 53.6. The molecule has 0 aromatic heterocycles. The standard InChI is InChI=1S/C23H30F2N2O2S2/c1-3-15-7-8-17-5-4-6-21(20(17)11-15)26-14-23(30)22(27-31(2,28)29)12-16-9-18(24)13-19(25)10-16/h7-11,13,21-23,26-27,30H,3-6,12,14H2,1-2H3/t21-,22-,23-/m0/s1. The third-order valence-electron chi connectivity index (χ3n) is 5.71. The molecule has 3 atom stereocenters. The Balaban J connectivity index is 1.73. The van der Waals surface area contributed by atoms with Crippen molar-refractivity contribution in [3.8, 4) is 0 Å². The van der Waals surface area contributed by atoms with Gasteiger partial charge in [-0.15, -0.1) is 0 Å². The van der Waals surface area contributed by atoms with E-state index in [1.807, 2.05) is 0 Å². The number of hydrogen-bond donors (Lipinski definition) is 3. The second-order valence-corrected chi connectivity index (χ2v) is 10.7. The Morgan fingerprint density at radius 2 is 1.84 bits per heavy atom. The predicted molar refractivity (Wildman–Crippen MR) is 124 cm³/mol. The third kappa shape index (κ3) is 7.00. The van der Waals surface area contributed by atoms with Gasteiger partial charge in [0.05, 0.1) is 6.26 Å². The zero-order valence-corrected chi connectivity index (χ0v) is 19.6. The highest BCUT2D eigenvalue weighted by Gasteiger charge is 2.25. The highest BCUT2D eigenvalue weighted by atomic mass is 32.2. The zero-order valence-electron chi connectivity index (χ0n) is 17.9. The summed E-state index contributed by atoms with van der Waals surface area (Å²) in [4.78, 5) is 0. The second kappa shape index (κ2) is 10.4. The molecule has 0 bridgehead atoms. The predicted octanol–water partition coefficient (Wildman–Crippen LogP) is 3.95. The first-order valence-electron chi connectivity index (χ1n) is 10.6. The third-order valence-corrected chi connectivity index (χ3v) is 6.99. The number of halogens is 2. The maximum atomic E-state index is 13.6. The van der Waals surface area contributed by atoms with E-state index in [0.29, 0.717) is 12.1 Å². The lowest BCUT2D eigenvalue weighted by molar-refractivity contribution is 0.438. The van der Waals surface area contributed by atoms with Crippen molar-refractivity contribution in [2.24, 2.45) is 0 Å². The first kappa shape index (κ1) is 24.2. The molecule has 3 rings (SSSR count). The van der Waals surface area contributed by atoms with Gasteiger partial charge in [0.25, 0.3) is 0 Å². The summed E-state index contributed by atoms with van der Waals surface area (Å²) in [6, 6.07) is 9.43. The minimum atomic E-state index is -3.52. The van der Waals surface area contributed by atoms with Crippen LogP contribution in [0.4, 0.5) is 8.78 Å². The normalized spacial score (nSPS) is 18.4. The van der Waals surface area contributed by atoms with Crippen LogP contribution in [0.3, 0.4) is 0 Å². The van der Waals surface area contributed by atoms with Crippen LogP contribution >= 0.6 is 12.6 Å². The highest BCUT2D eigenvalue weighted by Crippen LogP contribution is 2.31. The van der Waals surface area contributed by atoms with Crippen LogP contribution < -0.4 is 10.0 Å². The van der Waals surface area contributed by atoms with Crippen molar-refractivity contribution in [1.29, 1.82) is 0 Å². The largest absolute Gasteiger partial charge is 0.309 e. The molecule has 1 aliphatic rings. The average Bonchev–Trinajstić information content (AvgIpc) is 2.69. The fourth-order valence-corrected chi connectivity index (χ4v) is 5.38. The summed E-state index contributed by atoms with van der Waals surface area (Å²) in [6.45, 7) is 2.59. The minimum Gasteiger partial charge on any atom is -0.309 e. The van der Waals surface area contributed by atoms with Crippen LogP contribution in [-0.4, -0.2) is 32.5 Å². The van der Waals surface area contributed by atoms with Gasteiger partial charge in [0.2, 0.25) is 10.0 Å². The van der Waals surface area contributed by atoms with Crippen LogP contribution in [0.1, 0.15) is 48.1 Å². The van der Waals surface area contributed by atoms with Crippen LogP contribution in [0.25, 0.3) is 0 Å². The number of thiol groups is 1. The van der Waals surface area contributed by atoms with E-state index in [4.69, 9.17) is 0 Å². The fraction of sp³-hybridized carbons (Fsp3) is 0.478. The molecule has 2 N–H and O–H groups in total. The number of fused-ring (bicyclic) bond motifs is 1. The molecule has 0 heterocycles. The van der Waals surface area contributed by atoms with Gasteiger partial charge < -0.3 is 5.32 Å². The summed E-state index contributed by atoms with van der Waals surface area (Å²) in [5, 5.41) is 3.16. The summed E-state index contributed by atoms with van der Waals surface area (Å²) in [7, 11) is -3.52. The Hall–Kier alpha value is -1.48. The molecule has 0 amide bonds. The number of sulfonamides is 1. The fourth-order valence-electron chi connectivity index (χ4n) is 4.20. The number of aryl methyl sites for hydroxylation is 2. The van der Waals surface area contributed by atoms with Crippen molar-refractivity contribution in [3.63, 3.8) is 0 Å². The van der Waals surface area contributed by atoms with E-state index in [1.165, 1.54) is 28.8 Å². The summed E-state index contributed by atoms with van der Waals surface area (Å²) in [6.07, 6.45) is 5.33. The van der Waals surface area contributed by atoms with Crippen molar-refractivity contribution >= 4 is 22.7 Å². The zero-order chi connectivity index (χ0) is 22.6. The van der Waals surface area contributed by atoms with E-state index in [1.54, 1.807) is 0 Å². The van der Waals surface area contributed by atoms with E-state index in [0.717, 1.165) is 38.0 Å². The van der Waals surface area contributed by atoms with E-state index in [-0.39, 0.29) is 17.7 Å². The molecule has 0 radical (unpaired) electrons. The van der Waals surface area contributed by atoms with Crippen LogP contribution in [0.15, 0.2) is 36.4 Å². The number of hydrogen-bond acceptors (Lipinski definition) is 4. The molecule has 8 heteroatoms. The summed E-state index contributed by atoms with van der Waals surface area (Å²) in [5.74, 6) is -1.38. The molecule has 0 fully saturated rings. The maximum absolute atomic E-state index is 13.6. The molecular formula is C23H30F2N2O2S2. The van der Waals surface area contributed by atoms with Gasteiger partial charge in [-0.3, -0.25) is 0 Å². The first-order valence-corrected chi connectivity index (χ1v) is 13.0. The molecule has 1 aliphatic carbocycles. The molecule has 0 aliphatic heterocycles. The van der Waals surface area contributed by atoms with E-state index >= 15 is 0 Å². The van der Waals surface area contributed by atoms with Gasteiger partial charge in [0, 0.05) is 29.9 Å². The van der Waals surface area contributed by atoms with E-state index in [9.17, 15) is 17.2 Å². The maximum Gasteiger partial charge on any atom is 0.208 e. The lowest BCUT2D eigenvalue weighted by Crippen LogP contribution is -2.46. The Morgan fingerprint density at radius 3 is 2.48 bits per heavy atom. The average molecular weight is 469 g/mol. The van der Waals surface area contributed by atoms with Gasteiger partial charge >= 0.3 is 0 Å². The van der Waals surface area contributed by atoms with E-state index < -0.39 is 27.7 Å². The van der Waals surface area contributed by atoms with Gasteiger partial charge in [-0.2, -0.15) is 12.6 Å². The van der Waals surface area contributed by atoms with Crippen molar-refractivity contribution in [2.45, 2.75) is 56.4 Å². The molecule has 4 nitrogen and oxygen atoms in total. The molecule has 31 heavy (non-hydrogen) atoms. The van der Waals surface area contributed by atoms with Crippen LogP contribution in [0.2, 0.25) is 0 Å². The molecule has 0 saturated heterocycles. The van der Waals surface area contributed by atoms with Crippen molar-refractivity contribution in [2.75, 3.05) is 12.8 Å². The van der Waals surface area contributed by atoms with Crippen LogP contribution in [0, 0.1) is 11.6 Å². The topological polar surface area (TPSA) is 58.2 Å². The second-order valence-electron chi connectivity index (χ2n) is 8.29. The van der Waals surface area contributed by atoms with Gasteiger partial charge in [0.15, 0.2) is 0 Å². The smallest absolute Gasteiger partial charge is 0.208 e. The highest BCUT2D eigenvalue weighted by molar-refractivity contribution is 7.88. The molecule has 0 saturated carbocycles. The monoisotopic (exact) mass is 468 g/mol. The summed E-state index contributed by atoms with van der Waals surface area (Å²) in [5.41, 5.74) is 4.32. The molecule has 2 aromatic rings. The van der Waals surface area contributed by atoms with Crippen molar-refractivity contribution in [1.82, 2.24) is 10.0 Å². The molecule has 2 aromatic carbocycles. The van der Waals surface area contributed by atoms with Gasteiger partial charge in [0.1, 0.15) is 11.6 Å². The van der Waals surface area contributed by atoms with E-state index in [2.05, 4.69) is 47.8 Å². The Labute approximate surface area is 189 Å². The van der Waals surface area contributed by atoms with Gasteiger partial charge in [-0.05, 0) is 66.5 Å².